The number of fused-ring (bicyclic) bond motifs is 1. The Balaban J connectivity index is 2.51. The normalized spacial score (nSPS) is 11.3. The van der Waals surface area contributed by atoms with E-state index in [2.05, 4.69) is 22.5 Å². The summed E-state index contributed by atoms with van der Waals surface area (Å²) in [5.74, 6) is 0.141. The van der Waals surface area contributed by atoms with Crippen LogP contribution in [0.4, 0.5) is 5.69 Å². The van der Waals surface area contributed by atoms with Gasteiger partial charge in [-0.2, -0.15) is 0 Å². The molecule has 0 amide bonds. The summed E-state index contributed by atoms with van der Waals surface area (Å²) >= 11 is 4.94. The number of aromatic nitrogens is 1. The van der Waals surface area contributed by atoms with Crippen LogP contribution in [-0.2, 0) is 6.54 Å². The quantitative estimate of drug-likeness (QED) is 0.666. The number of hydrogen-bond acceptors (Lipinski definition) is 3. The molecule has 1 aromatic carbocycles. The summed E-state index contributed by atoms with van der Waals surface area (Å²) in [6.45, 7) is 2.88. The minimum absolute atomic E-state index is 0.141. The lowest BCUT2D eigenvalue weighted by Crippen LogP contribution is -2.11. The summed E-state index contributed by atoms with van der Waals surface area (Å²) in [5.41, 5.74) is 1.43. The molecule has 0 bridgehead atoms. The highest BCUT2D eigenvalue weighted by molar-refractivity contribution is 7.80. The van der Waals surface area contributed by atoms with Gasteiger partial charge >= 0.3 is 0 Å². The third-order valence-corrected chi connectivity index (χ3v) is 3.39. The van der Waals surface area contributed by atoms with Gasteiger partial charge in [0.1, 0.15) is 0 Å². The van der Waals surface area contributed by atoms with Gasteiger partial charge in [-0.15, -0.1) is 10.2 Å². The van der Waals surface area contributed by atoms with E-state index in [1.807, 2.05) is 28.8 Å². The van der Waals surface area contributed by atoms with E-state index in [9.17, 15) is 5.11 Å². The van der Waals surface area contributed by atoms with E-state index in [0.29, 0.717) is 5.69 Å². The maximum atomic E-state index is 10.4. The molecule has 0 radical (unpaired) electrons. The molecule has 0 aliphatic rings. The number of nitrogens with one attached hydrogen (secondary N) is 1. The van der Waals surface area contributed by atoms with Gasteiger partial charge in [-0.3, -0.25) is 0 Å². The topological polar surface area (TPSA) is 61.9 Å². The number of aromatic hydroxyl groups is 1. The van der Waals surface area contributed by atoms with Gasteiger partial charge in [0.15, 0.2) is 5.69 Å². The maximum Gasteiger partial charge on any atom is 0.220 e. The van der Waals surface area contributed by atoms with Crippen LogP contribution in [0.2, 0.25) is 0 Å². The molecule has 0 aliphatic carbocycles. The summed E-state index contributed by atoms with van der Waals surface area (Å²) in [6, 6.07) is 7.76. The molecule has 2 aromatic rings. The van der Waals surface area contributed by atoms with Crippen LogP contribution < -0.4 is 5.32 Å². The van der Waals surface area contributed by atoms with E-state index in [-0.39, 0.29) is 11.0 Å². The Morgan fingerprint density at radius 1 is 1.40 bits per heavy atom. The Kier molecular flexibility index (Phi) is 4.68. The van der Waals surface area contributed by atoms with Crippen molar-refractivity contribution in [3.8, 4) is 5.88 Å². The van der Waals surface area contributed by atoms with Gasteiger partial charge < -0.3 is 15.0 Å². The lowest BCUT2D eigenvalue weighted by Gasteiger charge is -2.05. The highest BCUT2D eigenvalue weighted by Gasteiger charge is 2.15. The first kappa shape index (κ1) is 14.5. The Morgan fingerprint density at radius 3 is 2.85 bits per heavy atom. The molecule has 0 fully saturated rings. The number of thiocarbonyl (C=S) groups is 1. The average Bonchev–Trinajstić information content (AvgIpc) is 2.74. The predicted octanol–water partition coefficient (Wildman–Crippen LogP) is 3.74. The van der Waals surface area contributed by atoms with Crippen LogP contribution in [0.15, 0.2) is 34.5 Å². The van der Waals surface area contributed by atoms with Crippen LogP contribution in [-0.4, -0.2) is 21.8 Å². The zero-order valence-electron chi connectivity index (χ0n) is 11.6. The number of para-hydroxylation sites is 1. The first-order valence-electron chi connectivity index (χ1n) is 6.62. The summed E-state index contributed by atoms with van der Waals surface area (Å²) < 4.78 is 1.87. The van der Waals surface area contributed by atoms with Gasteiger partial charge in [-0.05, 0) is 24.7 Å². The third-order valence-electron chi connectivity index (χ3n) is 3.11. The molecule has 1 heterocycles. The zero-order valence-corrected chi connectivity index (χ0v) is 12.4. The van der Waals surface area contributed by atoms with Crippen molar-refractivity contribution in [2.45, 2.75) is 26.3 Å². The summed E-state index contributed by atoms with van der Waals surface area (Å²) in [7, 11) is 1.69. The average molecular weight is 290 g/mol. The SMILES string of the molecule is CCCCn1c(O)c(N=NC(=S)NC)c2ccccc21. The van der Waals surface area contributed by atoms with E-state index in [1.54, 1.807) is 7.05 Å². The van der Waals surface area contributed by atoms with Gasteiger partial charge in [0.25, 0.3) is 0 Å². The Labute approximate surface area is 123 Å². The fourth-order valence-electron chi connectivity index (χ4n) is 2.06. The highest BCUT2D eigenvalue weighted by atomic mass is 32.1. The zero-order chi connectivity index (χ0) is 14.5. The molecule has 2 N–H and O–H groups in total. The lowest BCUT2D eigenvalue weighted by molar-refractivity contribution is 0.418. The molecule has 106 valence electrons. The van der Waals surface area contributed by atoms with Crippen LogP contribution in [0.1, 0.15) is 19.8 Å². The van der Waals surface area contributed by atoms with Crippen LogP contribution in [0.3, 0.4) is 0 Å². The second-order valence-corrected chi connectivity index (χ2v) is 4.84. The van der Waals surface area contributed by atoms with E-state index in [0.717, 1.165) is 30.3 Å². The number of rotatable bonds is 4. The van der Waals surface area contributed by atoms with Crippen LogP contribution >= 0.6 is 12.2 Å². The molecule has 0 spiro atoms. The number of hydrogen-bond donors (Lipinski definition) is 2. The number of nitrogens with zero attached hydrogens (tertiary/aromatic N) is 3. The molecule has 0 atom stereocenters. The lowest BCUT2D eigenvalue weighted by atomic mass is 10.2. The molecule has 6 heteroatoms. The van der Waals surface area contributed by atoms with Crippen LogP contribution in [0, 0.1) is 0 Å². The Morgan fingerprint density at radius 2 is 2.15 bits per heavy atom. The van der Waals surface area contributed by atoms with Crippen molar-refractivity contribution in [2.75, 3.05) is 7.05 Å². The van der Waals surface area contributed by atoms with Crippen molar-refractivity contribution >= 4 is 33.9 Å². The molecular formula is C14H18N4OS. The van der Waals surface area contributed by atoms with E-state index in [1.165, 1.54) is 0 Å². The largest absolute Gasteiger partial charge is 0.493 e. The van der Waals surface area contributed by atoms with Crippen molar-refractivity contribution in [1.82, 2.24) is 9.88 Å². The van der Waals surface area contributed by atoms with Gasteiger partial charge in [0.05, 0.1) is 5.52 Å². The maximum absolute atomic E-state index is 10.4. The Hall–Kier alpha value is -1.95. The second-order valence-electron chi connectivity index (χ2n) is 4.45. The molecule has 2 rings (SSSR count). The van der Waals surface area contributed by atoms with E-state index in [4.69, 9.17) is 12.2 Å². The van der Waals surface area contributed by atoms with Crippen molar-refractivity contribution in [2.24, 2.45) is 10.2 Å². The van der Waals surface area contributed by atoms with Gasteiger partial charge in [-0.1, -0.05) is 31.5 Å². The first-order valence-corrected chi connectivity index (χ1v) is 7.03. The minimum atomic E-state index is 0.141. The summed E-state index contributed by atoms with van der Waals surface area (Å²) in [4.78, 5) is 0. The smallest absolute Gasteiger partial charge is 0.220 e. The first-order chi connectivity index (χ1) is 9.69. The van der Waals surface area contributed by atoms with Crippen LogP contribution in [0.25, 0.3) is 10.9 Å². The number of unbranched alkanes of at least 4 members (excludes halogenated alkanes) is 1. The molecule has 0 saturated carbocycles. The monoisotopic (exact) mass is 290 g/mol. The molecule has 0 saturated heterocycles. The number of aryl methyl sites for hydroxylation is 1. The van der Waals surface area contributed by atoms with Gasteiger partial charge in [0.2, 0.25) is 11.0 Å². The standard InChI is InChI=1S/C14H18N4OS/c1-3-4-9-18-11-8-6-5-7-10(11)12(13(18)19)16-17-14(20)15-2/h5-8,19H,3-4,9H2,1-2H3,(H,15,20). The van der Waals surface area contributed by atoms with Crippen molar-refractivity contribution in [1.29, 1.82) is 0 Å². The third kappa shape index (κ3) is 2.80. The van der Waals surface area contributed by atoms with Gasteiger partial charge in [0, 0.05) is 19.0 Å². The summed E-state index contributed by atoms with van der Waals surface area (Å²) in [6.07, 6.45) is 2.06. The molecule has 20 heavy (non-hydrogen) atoms. The second kappa shape index (κ2) is 6.47. The van der Waals surface area contributed by atoms with Gasteiger partial charge in [-0.25, -0.2) is 0 Å². The van der Waals surface area contributed by atoms with Crippen molar-refractivity contribution < 1.29 is 5.11 Å². The molecule has 0 unspecified atom stereocenters. The van der Waals surface area contributed by atoms with Crippen LogP contribution in [0.5, 0.6) is 5.88 Å². The van der Waals surface area contributed by atoms with E-state index >= 15 is 0 Å². The van der Waals surface area contributed by atoms with Crippen molar-refractivity contribution in [3.63, 3.8) is 0 Å². The Bertz CT molecular complexity index is 648. The molecule has 1 aromatic heterocycles. The predicted molar refractivity (Wildman–Crippen MR) is 84.7 cm³/mol. The summed E-state index contributed by atoms with van der Waals surface area (Å²) in [5, 5.41) is 22.2. The fourth-order valence-corrected chi connectivity index (χ4v) is 2.10. The minimum Gasteiger partial charge on any atom is -0.493 e. The molecule has 5 nitrogen and oxygen atoms in total. The molecular weight excluding hydrogens is 272 g/mol. The van der Waals surface area contributed by atoms with E-state index < -0.39 is 0 Å². The van der Waals surface area contributed by atoms with Crippen molar-refractivity contribution in [3.05, 3.63) is 24.3 Å². The number of benzene rings is 1. The molecule has 0 aliphatic heterocycles. The fraction of sp³-hybridized carbons (Fsp3) is 0.357. The highest BCUT2D eigenvalue weighted by Crippen LogP contribution is 2.38. The number of azo groups is 1.